The van der Waals surface area contributed by atoms with E-state index >= 15 is 0 Å². The van der Waals surface area contributed by atoms with Gasteiger partial charge < -0.3 is 10.5 Å². The first-order valence-corrected chi connectivity index (χ1v) is 7.17. The largest absolute Gasteiger partial charge is 0.496 e. The number of benzene rings is 1. The van der Waals surface area contributed by atoms with Crippen molar-refractivity contribution in [1.82, 2.24) is 0 Å². The molecular formula is C16H25NO. The Balaban J connectivity index is 1.80. The summed E-state index contributed by atoms with van der Waals surface area (Å²) in [7, 11) is 1.73. The van der Waals surface area contributed by atoms with Crippen LogP contribution in [0.5, 0.6) is 5.75 Å². The molecule has 0 aromatic heterocycles. The van der Waals surface area contributed by atoms with Crippen LogP contribution in [0.25, 0.3) is 0 Å². The number of hydrogen-bond acceptors (Lipinski definition) is 2. The van der Waals surface area contributed by atoms with Gasteiger partial charge in [-0.3, -0.25) is 0 Å². The molecule has 1 saturated carbocycles. The smallest absolute Gasteiger partial charge is 0.122 e. The highest BCUT2D eigenvalue weighted by molar-refractivity contribution is 5.33. The summed E-state index contributed by atoms with van der Waals surface area (Å²) in [4.78, 5) is 0. The van der Waals surface area contributed by atoms with Crippen molar-refractivity contribution in [3.05, 3.63) is 29.8 Å². The summed E-state index contributed by atoms with van der Waals surface area (Å²) in [6.45, 7) is 0. The van der Waals surface area contributed by atoms with Gasteiger partial charge in [-0.15, -0.1) is 0 Å². The van der Waals surface area contributed by atoms with Gasteiger partial charge in [-0.1, -0.05) is 43.9 Å². The summed E-state index contributed by atoms with van der Waals surface area (Å²) in [5, 5.41) is 0. The molecule has 0 amide bonds. The van der Waals surface area contributed by atoms with Gasteiger partial charge in [-0.2, -0.15) is 0 Å². The Morgan fingerprint density at radius 2 is 2.00 bits per heavy atom. The normalized spacial score (nSPS) is 17.9. The molecule has 0 heterocycles. The van der Waals surface area contributed by atoms with Gasteiger partial charge in [0.15, 0.2) is 0 Å². The van der Waals surface area contributed by atoms with Crippen LogP contribution in [0.4, 0.5) is 0 Å². The number of para-hydroxylation sites is 1. The van der Waals surface area contributed by atoms with Gasteiger partial charge in [0, 0.05) is 6.04 Å². The predicted octanol–water partition coefficient (Wildman–Crippen LogP) is 3.54. The maximum absolute atomic E-state index is 6.25. The second-order valence-electron chi connectivity index (χ2n) is 5.50. The molecular weight excluding hydrogens is 222 g/mol. The first-order valence-electron chi connectivity index (χ1n) is 7.17. The second kappa shape index (κ2) is 6.79. The van der Waals surface area contributed by atoms with Gasteiger partial charge >= 0.3 is 0 Å². The highest BCUT2D eigenvalue weighted by atomic mass is 16.5. The molecule has 0 saturated heterocycles. The molecule has 2 N–H and O–H groups in total. The van der Waals surface area contributed by atoms with E-state index in [0.717, 1.165) is 24.5 Å². The van der Waals surface area contributed by atoms with Crippen molar-refractivity contribution in [2.24, 2.45) is 11.7 Å². The van der Waals surface area contributed by atoms with Crippen LogP contribution in [0.2, 0.25) is 0 Å². The first kappa shape index (κ1) is 13.4. The number of hydrogen-bond donors (Lipinski definition) is 1. The van der Waals surface area contributed by atoms with Crippen molar-refractivity contribution in [3.63, 3.8) is 0 Å². The zero-order valence-electron chi connectivity index (χ0n) is 11.4. The van der Waals surface area contributed by atoms with Gasteiger partial charge in [-0.05, 0) is 36.8 Å². The van der Waals surface area contributed by atoms with Gasteiger partial charge in [0.25, 0.3) is 0 Å². The molecule has 2 rings (SSSR count). The van der Waals surface area contributed by atoms with Crippen LogP contribution in [-0.2, 0) is 6.42 Å². The van der Waals surface area contributed by atoms with E-state index in [4.69, 9.17) is 10.5 Å². The van der Waals surface area contributed by atoms with Gasteiger partial charge in [-0.25, -0.2) is 0 Å². The SMILES string of the molecule is COc1ccccc1CC(N)CCC1CCCC1. The maximum atomic E-state index is 6.25. The molecule has 1 aliphatic carbocycles. The Labute approximate surface area is 111 Å². The van der Waals surface area contributed by atoms with E-state index in [1.807, 2.05) is 12.1 Å². The molecule has 0 spiro atoms. The fourth-order valence-electron chi connectivity index (χ4n) is 3.00. The Morgan fingerprint density at radius 1 is 1.28 bits per heavy atom. The van der Waals surface area contributed by atoms with E-state index in [1.54, 1.807) is 7.11 Å². The van der Waals surface area contributed by atoms with Crippen molar-refractivity contribution in [2.75, 3.05) is 7.11 Å². The van der Waals surface area contributed by atoms with Gasteiger partial charge in [0.05, 0.1) is 7.11 Å². The minimum atomic E-state index is 0.266. The lowest BCUT2D eigenvalue weighted by Gasteiger charge is -2.16. The molecule has 1 aromatic carbocycles. The minimum absolute atomic E-state index is 0.266. The van der Waals surface area contributed by atoms with Gasteiger partial charge in [0.1, 0.15) is 5.75 Å². The summed E-state index contributed by atoms with van der Waals surface area (Å²) in [6, 6.07) is 8.46. The molecule has 0 bridgehead atoms. The third-order valence-corrected chi connectivity index (χ3v) is 4.10. The molecule has 1 atom stereocenters. The van der Waals surface area contributed by atoms with Crippen molar-refractivity contribution < 1.29 is 4.74 Å². The first-order chi connectivity index (χ1) is 8.79. The Kier molecular flexibility index (Phi) is 5.06. The fraction of sp³-hybridized carbons (Fsp3) is 0.625. The summed E-state index contributed by atoms with van der Waals surface area (Å²) >= 11 is 0. The third kappa shape index (κ3) is 3.74. The summed E-state index contributed by atoms with van der Waals surface area (Å²) in [6.07, 6.45) is 9.05. The van der Waals surface area contributed by atoms with Crippen LogP contribution < -0.4 is 10.5 Å². The van der Waals surface area contributed by atoms with E-state index in [2.05, 4.69) is 12.1 Å². The van der Waals surface area contributed by atoms with Crippen molar-refractivity contribution >= 4 is 0 Å². The number of rotatable bonds is 6. The number of nitrogens with two attached hydrogens (primary N) is 1. The molecule has 100 valence electrons. The van der Waals surface area contributed by atoms with E-state index in [1.165, 1.54) is 37.7 Å². The number of methoxy groups -OCH3 is 1. The zero-order valence-corrected chi connectivity index (χ0v) is 11.4. The summed E-state index contributed by atoms with van der Waals surface area (Å²) in [5.74, 6) is 1.91. The second-order valence-corrected chi connectivity index (χ2v) is 5.50. The van der Waals surface area contributed by atoms with Crippen molar-refractivity contribution in [2.45, 2.75) is 51.0 Å². The minimum Gasteiger partial charge on any atom is -0.496 e. The third-order valence-electron chi connectivity index (χ3n) is 4.10. The quantitative estimate of drug-likeness (QED) is 0.834. The van der Waals surface area contributed by atoms with E-state index < -0.39 is 0 Å². The van der Waals surface area contributed by atoms with Crippen LogP contribution in [0.15, 0.2) is 24.3 Å². The Morgan fingerprint density at radius 3 is 2.72 bits per heavy atom. The maximum Gasteiger partial charge on any atom is 0.122 e. The van der Waals surface area contributed by atoms with Crippen LogP contribution in [0, 0.1) is 5.92 Å². The number of ether oxygens (including phenoxy) is 1. The lowest BCUT2D eigenvalue weighted by Crippen LogP contribution is -2.23. The summed E-state index contributed by atoms with van der Waals surface area (Å²) < 4.78 is 5.37. The molecule has 0 radical (unpaired) electrons. The van der Waals surface area contributed by atoms with Crippen LogP contribution in [0.3, 0.4) is 0 Å². The summed E-state index contributed by atoms with van der Waals surface area (Å²) in [5.41, 5.74) is 7.49. The van der Waals surface area contributed by atoms with Crippen molar-refractivity contribution in [1.29, 1.82) is 0 Å². The molecule has 1 fully saturated rings. The van der Waals surface area contributed by atoms with Crippen molar-refractivity contribution in [3.8, 4) is 5.75 Å². The lowest BCUT2D eigenvalue weighted by molar-refractivity contribution is 0.403. The molecule has 2 nitrogen and oxygen atoms in total. The highest BCUT2D eigenvalue weighted by Gasteiger charge is 2.16. The molecule has 1 aliphatic rings. The van der Waals surface area contributed by atoms with Crippen LogP contribution in [0.1, 0.15) is 44.1 Å². The Bertz CT molecular complexity index is 358. The lowest BCUT2D eigenvalue weighted by atomic mass is 9.95. The average Bonchev–Trinajstić information content (AvgIpc) is 2.90. The molecule has 2 heteroatoms. The topological polar surface area (TPSA) is 35.2 Å². The fourth-order valence-corrected chi connectivity index (χ4v) is 3.00. The van der Waals surface area contributed by atoms with Crippen LogP contribution >= 0.6 is 0 Å². The average molecular weight is 247 g/mol. The Hall–Kier alpha value is -1.02. The van der Waals surface area contributed by atoms with E-state index in [0.29, 0.717) is 0 Å². The molecule has 1 unspecified atom stereocenters. The molecule has 1 aromatic rings. The molecule has 0 aliphatic heterocycles. The van der Waals surface area contributed by atoms with Gasteiger partial charge in [0.2, 0.25) is 0 Å². The zero-order chi connectivity index (χ0) is 12.8. The monoisotopic (exact) mass is 247 g/mol. The standard InChI is InChI=1S/C16H25NO/c1-18-16-9-5-4-8-14(16)12-15(17)11-10-13-6-2-3-7-13/h4-5,8-9,13,15H,2-3,6-7,10-12,17H2,1H3. The van der Waals surface area contributed by atoms with E-state index in [9.17, 15) is 0 Å². The molecule has 18 heavy (non-hydrogen) atoms. The van der Waals surface area contributed by atoms with E-state index in [-0.39, 0.29) is 6.04 Å². The van der Waals surface area contributed by atoms with Crippen LogP contribution in [-0.4, -0.2) is 13.2 Å². The predicted molar refractivity (Wildman–Crippen MR) is 75.9 cm³/mol. The highest BCUT2D eigenvalue weighted by Crippen LogP contribution is 2.29.